The molecule has 0 fully saturated rings. The van der Waals surface area contributed by atoms with Crippen LogP contribution < -0.4 is 0 Å². The van der Waals surface area contributed by atoms with Crippen LogP contribution in [0.1, 0.15) is 34.6 Å². The Morgan fingerprint density at radius 1 is 1.00 bits per heavy atom. The summed E-state index contributed by atoms with van der Waals surface area (Å²) in [5, 5.41) is 0.0118. The first kappa shape index (κ1) is 15.2. The van der Waals surface area contributed by atoms with E-state index in [0.717, 1.165) is 0 Å². The molecule has 0 atom stereocenters. The molecule has 94 valence electrons. The minimum absolute atomic E-state index is 0.0118. The monoisotopic (exact) mass is 246 g/mol. The zero-order valence-corrected chi connectivity index (χ0v) is 12.0. The van der Waals surface area contributed by atoms with Crippen LogP contribution >= 0.6 is 0 Å². The summed E-state index contributed by atoms with van der Waals surface area (Å²) in [6, 6.07) is 0. The lowest BCUT2D eigenvalue weighted by Gasteiger charge is -2.38. The second-order valence-corrected chi connectivity index (χ2v) is 10.6. The zero-order valence-electron chi connectivity index (χ0n) is 11.0. The van der Waals surface area contributed by atoms with Gasteiger partial charge in [0.2, 0.25) is 0 Å². The summed E-state index contributed by atoms with van der Waals surface area (Å²) < 4.78 is 10.2. The minimum Gasteiger partial charge on any atom is -0.469 e. The van der Waals surface area contributed by atoms with Crippen LogP contribution in [0, 0.1) is 0 Å². The number of ether oxygens (including phenoxy) is 2. The van der Waals surface area contributed by atoms with Gasteiger partial charge < -0.3 is 9.47 Å². The molecule has 0 aromatic rings. The van der Waals surface area contributed by atoms with Crippen molar-refractivity contribution in [2.75, 3.05) is 12.5 Å². The summed E-state index contributed by atoms with van der Waals surface area (Å²) in [4.78, 5) is 21.7. The average molecular weight is 246 g/mol. The molecule has 0 saturated carbocycles. The molecule has 0 aliphatic carbocycles. The lowest BCUT2D eigenvalue weighted by Crippen LogP contribution is -2.51. The third-order valence-corrected chi connectivity index (χ3v) is 8.18. The number of hydrogen-bond acceptors (Lipinski definition) is 4. The fraction of sp³-hybridized carbons (Fsp3) is 0.818. The van der Waals surface area contributed by atoms with E-state index in [9.17, 15) is 9.59 Å². The first-order valence-corrected chi connectivity index (χ1v) is 8.27. The number of esters is 2. The van der Waals surface area contributed by atoms with Gasteiger partial charge in [-0.15, -0.1) is 0 Å². The van der Waals surface area contributed by atoms with E-state index in [1.807, 2.05) is 0 Å². The quantitative estimate of drug-likeness (QED) is 0.563. The standard InChI is InChI=1S/C11H22O4Si/c1-9(12)14-7-16(6,11(3,4)5)8-15-10(2)13/h7-8H2,1-6H3. The SMILES string of the molecule is CC(=O)OC[Si](C)(COC(C)=O)C(C)(C)C. The van der Waals surface area contributed by atoms with Crippen molar-refractivity contribution >= 4 is 20.0 Å². The minimum atomic E-state index is -1.96. The van der Waals surface area contributed by atoms with Crippen molar-refractivity contribution < 1.29 is 19.1 Å². The molecule has 4 nitrogen and oxygen atoms in total. The Labute approximate surface area is 98.3 Å². The molecule has 5 heteroatoms. The average Bonchev–Trinajstić information content (AvgIpc) is 2.09. The molecule has 16 heavy (non-hydrogen) atoms. The van der Waals surface area contributed by atoms with Crippen molar-refractivity contribution in [1.82, 2.24) is 0 Å². The largest absolute Gasteiger partial charge is 0.469 e. The zero-order chi connectivity index (χ0) is 13.0. The Morgan fingerprint density at radius 3 is 1.50 bits per heavy atom. The fourth-order valence-corrected chi connectivity index (χ4v) is 2.99. The van der Waals surface area contributed by atoms with E-state index in [2.05, 4.69) is 27.3 Å². The Kier molecular flexibility index (Phi) is 5.19. The fourth-order valence-electron chi connectivity index (χ4n) is 0.997. The Hall–Kier alpha value is -0.843. The van der Waals surface area contributed by atoms with Gasteiger partial charge in [-0.3, -0.25) is 9.59 Å². The van der Waals surface area contributed by atoms with Crippen LogP contribution in [0.3, 0.4) is 0 Å². The molecule has 0 spiro atoms. The first-order chi connectivity index (χ1) is 7.08. The molecule has 0 bridgehead atoms. The van der Waals surface area contributed by atoms with Crippen LogP contribution in [0.5, 0.6) is 0 Å². The molecule has 0 aromatic heterocycles. The predicted molar refractivity (Wildman–Crippen MR) is 64.6 cm³/mol. The summed E-state index contributed by atoms with van der Waals surface area (Å²) in [5.74, 6) is -0.573. The van der Waals surface area contributed by atoms with E-state index in [4.69, 9.17) is 9.47 Å². The number of rotatable bonds is 4. The van der Waals surface area contributed by atoms with Gasteiger partial charge >= 0.3 is 11.9 Å². The van der Waals surface area contributed by atoms with E-state index in [1.165, 1.54) is 13.8 Å². The molecule has 0 amide bonds. The van der Waals surface area contributed by atoms with Crippen LogP contribution in [0.25, 0.3) is 0 Å². The molecule has 0 aliphatic rings. The normalized spacial score (nSPS) is 12.1. The van der Waals surface area contributed by atoms with E-state index < -0.39 is 8.07 Å². The van der Waals surface area contributed by atoms with E-state index in [-0.39, 0.29) is 17.0 Å². The highest BCUT2D eigenvalue weighted by Gasteiger charge is 2.42. The number of carbonyl (C=O) groups excluding carboxylic acids is 2. The smallest absolute Gasteiger partial charge is 0.302 e. The molecular weight excluding hydrogens is 224 g/mol. The molecule has 0 unspecified atom stereocenters. The highest BCUT2D eigenvalue weighted by atomic mass is 28.3. The van der Waals surface area contributed by atoms with Crippen LogP contribution in [0.2, 0.25) is 11.6 Å². The van der Waals surface area contributed by atoms with Crippen LogP contribution in [0.4, 0.5) is 0 Å². The second-order valence-electron chi connectivity index (χ2n) is 5.37. The van der Waals surface area contributed by atoms with Gasteiger partial charge in [0, 0.05) is 13.8 Å². The Morgan fingerprint density at radius 2 is 1.31 bits per heavy atom. The van der Waals surface area contributed by atoms with Crippen molar-refractivity contribution in [2.24, 2.45) is 0 Å². The predicted octanol–water partition coefficient (Wildman–Crippen LogP) is 2.07. The van der Waals surface area contributed by atoms with Crippen LogP contribution in [-0.4, -0.2) is 32.5 Å². The third-order valence-electron chi connectivity index (χ3n) is 3.00. The topological polar surface area (TPSA) is 52.6 Å². The van der Waals surface area contributed by atoms with Gasteiger partial charge in [-0.05, 0) is 5.04 Å². The summed E-state index contributed by atoms with van der Waals surface area (Å²) in [6.07, 6.45) is 0.776. The molecule has 0 aliphatic heterocycles. The van der Waals surface area contributed by atoms with Gasteiger partial charge in [0.15, 0.2) is 0 Å². The van der Waals surface area contributed by atoms with Crippen molar-refractivity contribution in [3.63, 3.8) is 0 Å². The van der Waals surface area contributed by atoms with Gasteiger partial charge in [-0.2, -0.15) is 0 Å². The first-order valence-electron chi connectivity index (χ1n) is 5.35. The molecule has 0 heterocycles. The second kappa shape index (κ2) is 5.47. The van der Waals surface area contributed by atoms with Crippen molar-refractivity contribution in [1.29, 1.82) is 0 Å². The third kappa shape index (κ3) is 4.79. The maximum absolute atomic E-state index is 10.8. The molecule has 0 rings (SSSR count). The highest BCUT2D eigenvalue weighted by molar-refractivity contribution is 6.81. The van der Waals surface area contributed by atoms with Gasteiger partial charge in [0.25, 0.3) is 0 Å². The summed E-state index contributed by atoms with van der Waals surface area (Å²) in [7, 11) is -1.96. The Bertz CT molecular complexity index is 250. The Balaban J connectivity index is 4.61. The highest BCUT2D eigenvalue weighted by Crippen LogP contribution is 2.36. The van der Waals surface area contributed by atoms with Crippen molar-refractivity contribution in [3.8, 4) is 0 Å². The summed E-state index contributed by atoms with van der Waals surface area (Å²) in [6.45, 7) is 11.1. The lowest BCUT2D eigenvalue weighted by atomic mass is 10.2. The van der Waals surface area contributed by atoms with E-state index >= 15 is 0 Å². The van der Waals surface area contributed by atoms with E-state index in [1.54, 1.807) is 0 Å². The maximum Gasteiger partial charge on any atom is 0.302 e. The van der Waals surface area contributed by atoms with Crippen LogP contribution in [0.15, 0.2) is 0 Å². The van der Waals surface area contributed by atoms with Gasteiger partial charge in [0.05, 0.1) is 12.5 Å². The van der Waals surface area contributed by atoms with Crippen molar-refractivity contribution in [3.05, 3.63) is 0 Å². The summed E-state index contributed by atoms with van der Waals surface area (Å²) >= 11 is 0. The molecular formula is C11H22O4Si. The molecule has 0 N–H and O–H groups in total. The van der Waals surface area contributed by atoms with Gasteiger partial charge in [-0.1, -0.05) is 27.3 Å². The molecule has 0 radical (unpaired) electrons. The van der Waals surface area contributed by atoms with Crippen LogP contribution in [-0.2, 0) is 19.1 Å². The van der Waals surface area contributed by atoms with E-state index in [0.29, 0.717) is 12.5 Å². The molecule has 0 saturated heterocycles. The van der Waals surface area contributed by atoms with Gasteiger partial charge in [-0.25, -0.2) is 0 Å². The van der Waals surface area contributed by atoms with Gasteiger partial charge in [0.1, 0.15) is 8.07 Å². The molecule has 0 aromatic carbocycles. The summed E-state index contributed by atoms with van der Waals surface area (Å²) in [5.41, 5.74) is 0. The van der Waals surface area contributed by atoms with Crippen molar-refractivity contribution in [2.45, 2.75) is 46.2 Å². The number of carbonyl (C=O) groups is 2. The lowest BCUT2D eigenvalue weighted by molar-refractivity contribution is -0.139. The maximum atomic E-state index is 10.8. The number of hydrogen-bond donors (Lipinski definition) is 0.